The smallest absolute Gasteiger partial charge is 0.166 e. The summed E-state index contributed by atoms with van der Waals surface area (Å²) in [4.78, 5) is 0. The van der Waals surface area contributed by atoms with E-state index in [9.17, 15) is 0 Å². The summed E-state index contributed by atoms with van der Waals surface area (Å²) in [6.45, 7) is 0. The maximum atomic E-state index is 5.98. The van der Waals surface area contributed by atoms with Crippen molar-refractivity contribution in [2.45, 2.75) is 6.42 Å². The van der Waals surface area contributed by atoms with Crippen LogP contribution in [0.2, 0.25) is 0 Å². The topological polar surface area (TPSA) is 35.2 Å². The first-order valence-corrected chi connectivity index (χ1v) is 8.54. The Morgan fingerprint density at radius 1 is 1.35 bits per heavy atom. The zero-order valence-corrected chi connectivity index (χ0v) is 12.1. The van der Waals surface area contributed by atoms with Crippen LogP contribution in [0.15, 0.2) is 59.4 Å². The van der Waals surface area contributed by atoms with Gasteiger partial charge >= 0.3 is 0 Å². The van der Waals surface area contributed by atoms with Gasteiger partial charge in [0, 0.05) is 33.3 Å². The van der Waals surface area contributed by atoms with E-state index in [2.05, 4.69) is 27.3 Å². The van der Waals surface area contributed by atoms with Crippen LogP contribution < -0.4 is 5.73 Å². The Hall–Kier alpha value is -0.880. The van der Waals surface area contributed by atoms with Gasteiger partial charge in [0.1, 0.15) is 5.76 Å². The predicted octanol–water partition coefficient (Wildman–Crippen LogP) is 4.22. The monoisotopic (exact) mass is 357 g/mol. The molecule has 0 saturated carbocycles. The van der Waals surface area contributed by atoms with E-state index < -0.39 is 0 Å². The number of allylic oxidation sites excluding steroid dienone is 3. The van der Waals surface area contributed by atoms with E-state index >= 15 is 0 Å². The minimum atomic E-state index is 0.747. The molecule has 0 saturated heterocycles. The lowest BCUT2D eigenvalue weighted by Crippen LogP contribution is -1.95. The summed E-state index contributed by atoms with van der Waals surface area (Å²) in [7, 11) is 1.58. The quantitative estimate of drug-likeness (QED) is 0.823. The molecule has 0 aromatic heterocycles. The summed E-state index contributed by atoms with van der Waals surface area (Å²) in [5, 5.41) is 0.948. The Kier molecular flexibility index (Phi) is 4.56. The minimum Gasteiger partial charge on any atom is -0.454 e. The average molecular weight is 357 g/mol. The van der Waals surface area contributed by atoms with E-state index in [0.717, 1.165) is 28.5 Å². The van der Waals surface area contributed by atoms with Gasteiger partial charge in [-0.15, -0.1) is 0 Å². The van der Waals surface area contributed by atoms with Crippen LogP contribution in [0.25, 0.3) is 5.70 Å². The molecule has 0 spiro atoms. The molecule has 17 heavy (non-hydrogen) atoms. The maximum absolute atomic E-state index is 5.98. The number of nitrogens with two attached hydrogens (primary N) is 1. The van der Waals surface area contributed by atoms with Gasteiger partial charge in [0.15, 0.2) is 5.09 Å². The van der Waals surface area contributed by atoms with Crippen molar-refractivity contribution in [1.82, 2.24) is 0 Å². The maximum Gasteiger partial charge on any atom is 0.166 e. The summed E-state index contributed by atoms with van der Waals surface area (Å²) >= 11 is 2.21. The van der Waals surface area contributed by atoms with Crippen LogP contribution in [0.5, 0.6) is 0 Å². The average Bonchev–Trinajstić information content (AvgIpc) is 2.85. The van der Waals surface area contributed by atoms with Crippen LogP contribution in [0.1, 0.15) is 12.0 Å². The zero-order chi connectivity index (χ0) is 12.1. The fraction of sp³-hybridized carbons (Fsp3) is 0.0769. The lowest BCUT2D eigenvalue weighted by Gasteiger charge is -2.01. The van der Waals surface area contributed by atoms with Gasteiger partial charge in [0.05, 0.1) is 0 Å². The van der Waals surface area contributed by atoms with Gasteiger partial charge in [0.2, 0.25) is 0 Å². The van der Waals surface area contributed by atoms with E-state index in [1.165, 1.54) is 0 Å². The number of rotatable bonds is 3. The van der Waals surface area contributed by atoms with E-state index in [-0.39, 0.29) is 0 Å². The molecule has 0 unspecified atom stereocenters. The Bertz CT molecular complexity index is 479. The first kappa shape index (κ1) is 12.6. The Labute approximate surface area is 117 Å². The van der Waals surface area contributed by atoms with Crippen molar-refractivity contribution in [3.8, 4) is 0 Å². The Morgan fingerprint density at radius 3 is 2.76 bits per heavy atom. The highest BCUT2D eigenvalue weighted by atomic mass is 127. The summed E-state index contributed by atoms with van der Waals surface area (Å²) in [5.41, 5.74) is 7.75. The summed E-state index contributed by atoms with van der Waals surface area (Å²) in [6, 6.07) is 9.90. The number of hydrogen-bond acceptors (Lipinski definition) is 3. The van der Waals surface area contributed by atoms with E-state index in [1.807, 2.05) is 42.5 Å². The van der Waals surface area contributed by atoms with E-state index in [1.54, 1.807) is 8.93 Å². The van der Waals surface area contributed by atoms with Gasteiger partial charge in [-0.1, -0.05) is 30.3 Å². The van der Waals surface area contributed by atoms with Crippen LogP contribution in [0.3, 0.4) is 0 Å². The highest BCUT2D eigenvalue weighted by Gasteiger charge is 2.09. The fourth-order valence-corrected chi connectivity index (χ4v) is 2.55. The van der Waals surface area contributed by atoms with Gasteiger partial charge < -0.3 is 10.5 Å². The first-order chi connectivity index (χ1) is 8.29. The number of ether oxygens (including phenoxy) is 1. The second-order valence-electron chi connectivity index (χ2n) is 3.53. The molecule has 1 aliphatic heterocycles. The minimum absolute atomic E-state index is 0.747. The highest BCUT2D eigenvalue weighted by Crippen LogP contribution is 2.33. The van der Waals surface area contributed by atoms with Crippen LogP contribution in [-0.2, 0) is 4.74 Å². The summed E-state index contributed by atoms with van der Waals surface area (Å²) in [6.07, 6.45) is 6.72. The third-order valence-electron chi connectivity index (χ3n) is 2.33. The molecule has 2 nitrogen and oxygen atoms in total. The third kappa shape index (κ3) is 3.54. The largest absolute Gasteiger partial charge is 0.454 e. The zero-order valence-electron chi connectivity index (χ0n) is 9.10. The number of hydrogen-bond donors (Lipinski definition) is 1. The van der Waals surface area contributed by atoms with Gasteiger partial charge in [-0.25, -0.2) is 0 Å². The number of halogens is 1. The molecule has 1 aliphatic rings. The molecule has 0 aliphatic carbocycles. The van der Waals surface area contributed by atoms with Gasteiger partial charge in [-0.3, -0.25) is 0 Å². The van der Waals surface area contributed by atoms with Gasteiger partial charge in [-0.2, -0.15) is 0 Å². The molecule has 0 atom stereocenters. The van der Waals surface area contributed by atoms with Crippen LogP contribution in [0, 0.1) is 0 Å². The van der Waals surface area contributed by atoms with Crippen LogP contribution in [-0.4, -0.2) is 0 Å². The number of benzene rings is 1. The van der Waals surface area contributed by atoms with Gasteiger partial charge in [0.25, 0.3) is 0 Å². The van der Waals surface area contributed by atoms with Crippen molar-refractivity contribution in [1.29, 1.82) is 0 Å². The van der Waals surface area contributed by atoms with Crippen LogP contribution >= 0.6 is 30.1 Å². The van der Waals surface area contributed by atoms with E-state index in [0.29, 0.717) is 0 Å². The molecule has 4 heteroatoms. The van der Waals surface area contributed by atoms with Crippen molar-refractivity contribution >= 4 is 35.8 Å². The SMILES string of the molecule is N/C(=C\C=C1/CC=C(SI)O1)c1ccccc1. The lowest BCUT2D eigenvalue weighted by molar-refractivity contribution is 0.356. The van der Waals surface area contributed by atoms with Crippen molar-refractivity contribution in [3.63, 3.8) is 0 Å². The Morgan fingerprint density at radius 2 is 2.12 bits per heavy atom. The van der Waals surface area contributed by atoms with E-state index in [4.69, 9.17) is 10.5 Å². The summed E-state index contributed by atoms with van der Waals surface area (Å²) < 4.78 is 5.57. The van der Waals surface area contributed by atoms with Crippen molar-refractivity contribution in [3.05, 3.63) is 65.0 Å². The molecular formula is C13H12INOS. The first-order valence-electron chi connectivity index (χ1n) is 5.18. The third-order valence-corrected chi connectivity index (χ3v) is 4.04. The molecular weight excluding hydrogens is 345 g/mol. The Balaban J connectivity index is 2.05. The molecule has 0 amide bonds. The molecule has 0 fully saturated rings. The molecule has 88 valence electrons. The molecule has 2 rings (SSSR count). The molecule has 1 aromatic carbocycles. The van der Waals surface area contributed by atoms with Crippen molar-refractivity contribution < 1.29 is 4.74 Å². The highest BCUT2D eigenvalue weighted by molar-refractivity contribution is 14.2. The predicted molar refractivity (Wildman–Crippen MR) is 82.1 cm³/mol. The van der Waals surface area contributed by atoms with Gasteiger partial charge in [-0.05, 0) is 32.7 Å². The molecule has 0 radical (unpaired) electrons. The van der Waals surface area contributed by atoms with Crippen molar-refractivity contribution in [2.24, 2.45) is 5.73 Å². The van der Waals surface area contributed by atoms with Crippen molar-refractivity contribution in [2.75, 3.05) is 0 Å². The standard InChI is InChI=1S/C13H12INOS/c14-17-13-9-7-11(16-13)6-8-12(15)10-4-2-1-3-5-10/h1-6,8-9H,7,15H2/b11-6+,12-8-. The van der Waals surface area contributed by atoms with Crippen LogP contribution in [0.4, 0.5) is 0 Å². The summed E-state index contributed by atoms with van der Waals surface area (Å²) in [5.74, 6) is 0.933. The second-order valence-corrected chi connectivity index (χ2v) is 5.41. The fourth-order valence-electron chi connectivity index (χ4n) is 1.46. The molecule has 1 aromatic rings. The normalized spacial score (nSPS) is 18.1. The molecule has 2 N–H and O–H groups in total. The molecule has 0 bridgehead atoms. The lowest BCUT2D eigenvalue weighted by atomic mass is 10.1. The molecule has 1 heterocycles. The second kappa shape index (κ2) is 6.16.